The molecule has 3 aromatic carbocycles. The number of allylic oxidation sites excluding steroid dienone is 1. The van der Waals surface area contributed by atoms with Crippen LogP contribution in [0.3, 0.4) is 0 Å². The zero-order valence-corrected chi connectivity index (χ0v) is 17.2. The van der Waals surface area contributed by atoms with Gasteiger partial charge in [-0.2, -0.15) is 5.26 Å². The minimum atomic E-state index is -0.664. The lowest BCUT2D eigenvalue weighted by Crippen LogP contribution is -2.21. The van der Waals surface area contributed by atoms with Gasteiger partial charge in [-0.15, -0.1) is 0 Å². The van der Waals surface area contributed by atoms with Crippen LogP contribution in [0.2, 0.25) is 10.0 Å². The lowest BCUT2D eigenvalue weighted by molar-refractivity contribution is 0.0734. The molecular formula is C23H13Cl2FN2O3. The van der Waals surface area contributed by atoms with Gasteiger partial charge >= 0.3 is 5.97 Å². The fourth-order valence-electron chi connectivity index (χ4n) is 3.33. The van der Waals surface area contributed by atoms with Crippen LogP contribution in [0.25, 0.3) is 0 Å². The van der Waals surface area contributed by atoms with Gasteiger partial charge in [0.25, 0.3) is 0 Å². The molecule has 1 aliphatic heterocycles. The van der Waals surface area contributed by atoms with Gasteiger partial charge in [-0.05, 0) is 42.5 Å². The Balaban J connectivity index is 1.73. The summed E-state index contributed by atoms with van der Waals surface area (Å²) >= 11 is 12.8. The number of rotatable bonds is 3. The third kappa shape index (κ3) is 3.93. The van der Waals surface area contributed by atoms with Crippen molar-refractivity contribution in [2.45, 2.75) is 5.92 Å². The van der Waals surface area contributed by atoms with E-state index in [4.69, 9.17) is 38.4 Å². The smallest absolute Gasteiger partial charge is 0.343 e. The van der Waals surface area contributed by atoms with Gasteiger partial charge in [0.05, 0.1) is 11.5 Å². The Morgan fingerprint density at radius 2 is 1.77 bits per heavy atom. The molecule has 0 spiro atoms. The van der Waals surface area contributed by atoms with Crippen molar-refractivity contribution in [3.05, 3.63) is 105 Å². The van der Waals surface area contributed by atoms with Crippen LogP contribution >= 0.6 is 23.2 Å². The summed E-state index contributed by atoms with van der Waals surface area (Å²) in [4.78, 5) is 12.3. The van der Waals surface area contributed by atoms with Crippen LogP contribution in [0, 0.1) is 17.1 Å². The summed E-state index contributed by atoms with van der Waals surface area (Å²) in [6.45, 7) is 0. The molecule has 0 saturated carbocycles. The fraction of sp³-hybridized carbons (Fsp3) is 0.0435. The van der Waals surface area contributed by atoms with Crippen LogP contribution in [-0.2, 0) is 0 Å². The summed E-state index contributed by atoms with van der Waals surface area (Å²) in [6, 6.07) is 16.8. The normalized spacial score (nSPS) is 15.0. The number of hydrogen-bond acceptors (Lipinski definition) is 5. The maximum atomic E-state index is 13.1. The van der Waals surface area contributed by atoms with Gasteiger partial charge in [-0.25, -0.2) is 9.18 Å². The highest BCUT2D eigenvalue weighted by atomic mass is 35.5. The van der Waals surface area contributed by atoms with E-state index < -0.39 is 17.7 Å². The summed E-state index contributed by atoms with van der Waals surface area (Å²) < 4.78 is 24.1. The molecule has 3 aromatic rings. The molecule has 5 nitrogen and oxygen atoms in total. The predicted octanol–water partition coefficient (Wildman–Crippen LogP) is 5.57. The summed E-state index contributed by atoms with van der Waals surface area (Å²) in [5, 5.41) is 10.4. The lowest BCUT2D eigenvalue weighted by atomic mass is 9.83. The maximum Gasteiger partial charge on any atom is 0.343 e. The average Bonchev–Trinajstić information content (AvgIpc) is 2.73. The van der Waals surface area contributed by atoms with Gasteiger partial charge in [-0.1, -0.05) is 35.3 Å². The fourth-order valence-corrected chi connectivity index (χ4v) is 3.95. The highest BCUT2D eigenvalue weighted by Crippen LogP contribution is 2.47. The molecule has 2 N–H and O–H groups in total. The van der Waals surface area contributed by atoms with Crippen molar-refractivity contribution in [1.82, 2.24) is 0 Å². The molecule has 1 aliphatic rings. The Labute approximate surface area is 187 Å². The number of esters is 1. The summed E-state index contributed by atoms with van der Waals surface area (Å²) in [5.41, 5.74) is 7.45. The Kier molecular flexibility index (Phi) is 5.55. The Hall–Kier alpha value is -3.53. The molecule has 31 heavy (non-hydrogen) atoms. The van der Waals surface area contributed by atoms with Crippen molar-refractivity contribution in [1.29, 1.82) is 5.26 Å². The predicted molar refractivity (Wildman–Crippen MR) is 114 cm³/mol. The van der Waals surface area contributed by atoms with E-state index in [1.807, 2.05) is 0 Å². The number of ether oxygens (including phenoxy) is 2. The van der Waals surface area contributed by atoms with Crippen molar-refractivity contribution in [2.24, 2.45) is 5.73 Å². The number of hydrogen-bond donors (Lipinski definition) is 1. The topological polar surface area (TPSA) is 85.3 Å². The van der Waals surface area contributed by atoms with Crippen molar-refractivity contribution in [2.75, 3.05) is 0 Å². The third-order valence-electron chi connectivity index (χ3n) is 4.77. The monoisotopic (exact) mass is 454 g/mol. The summed E-state index contributed by atoms with van der Waals surface area (Å²) in [5.74, 6) is -1.40. The van der Waals surface area contributed by atoms with Crippen molar-refractivity contribution >= 4 is 29.2 Å². The van der Waals surface area contributed by atoms with Crippen LogP contribution in [0.4, 0.5) is 4.39 Å². The SMILES string of the molecule is N#CC1=C(N)Oc2cc(OC(=O)c3ccc(F)cc3)ccc2C1c1c(Cl)cccc1Cl. The van der Waals surface area contributed by atoms with E-state index >= 15 is 0 Å². The van der Waals surface area contributed by atoms with Crippen molar-refractivity contribution in [3.8, 4) is 17.6 Å². The first-order chi connectivity index (χ1) is 14.9. The van der Waals surface area contributed by atoms with Gasteiger partial charge < -0.3 is 15.2 Å². The Bertz CT molecular complexity index is 1250. The third-order valence-corrected chi connectivity index (χ3v) is 5.43. The minimum absolute atomic E-state index is 0.0991. The van der Waals surface area contributed by atoms with E-state index in [0.717, 1.165) is 0 Å². The van der Waals surface area contributed by atoms with E-state index in [2.05, 4.69) is 6.07 Å². The van der Waals surface area contributed by atoms with E-state index in [1.165, 1.54) is 30.3 Å². The standard InChI is InChI=1S/C23H13Cl2FN2O3/c24-17-2-1-3-18(25)21(17)20-15-9-8-14(10-19(15)31-22(28)16(20)11-27)30-23(29)12-4-6-13(26)7-5-12/h1-10,20H,28H2. The molecule has 0 fully saturated rings. The second-order valence-corrected chi connectivity index (χ2v) is 7.47. The maximum absolute atomic E-state index is 13.1. The second-order valence-electron chi connectivity index (χ2n) is 6.66. The van der Waals surface area contributed by atoms with Crippen LogP contribution in [0.15, 0.2) is 72.1 Å². The quantitative estimate of drug-likeness (QED) is 0.412. The zero-order chi connectivity index (χ0) is 22.1. The first kappa shape index (κ1) is 20.7. The summed E-state index contributed by atoms with van der Waals surface area (Å²) in [7, 11) is 0. The highest BCUT2D eigenvalue weighted by molar-refractivity contribution is 6.36. The molecule has 8 heteroatoms. The average molecular weight is 455 g/mol. The van der Waals surface area contributed by atoms with Gasteiger partial charge in [0.1, 0.15) is 29.0 Å². The molecular weight excluding hydrogens is 442 g/mol. The molecule has 0 amide bonds. The molecule has 1 unspecified atom stereocenters. The molecule has 0 radical (unpaired) electrons. The lowest BCUT2D eigenvalue weighted by Gasteiger charge is -2.27. The van der Waals surface area contributed by atoms with E-state index in [9.17, 15) is 14.4 Å². The highest BCUT2D eigenvalue weighted by Gasteiger charge is 2.33. The van der Waals surface area contributed by atoms with Crippen LogP contribution in [0.1, 0.15) is 27.4 Å². The van der Waals surface area contributed by atoms with Gasteiger partial charge in [0.15, 0.2) is 0 Å². The largest absolute Gasteiger partial charge is 0.440 e. The molecule has 0 aliphatic carbocycles. The molecule has 0 saturated heterocycles. The van der Waals surface area contributed by atoms with Crippen molar-refractivity contribution in [3.63, 3.8) is 0 Å². The molecule has 1 heterocycles. The first-order valence-corrected chi connectivity index (χ1v) is 9.78. The number of fused-ring (bicyclic) bond motifs is 1. The number of halogens is 3. The molecule has 0 aromatic heterocycles. The second kappa shape index (κ2) is 8.31. The Morgan fingerprint density at radius 1 is 1.10 bits per heavy atom. The van der Waals surface area contributed by atoms with Gasteiger partial charge in [-0.3, -0.25) is 0 Å². The number of nitrogens with zero attached hydrogens (tertiary/aromatic N) is 1. The number of benzene rings is 3. The number of carbonyl (C=O) groups is 1. The van der Waals surface area contributed by atoms with Crippen LogP contribution < -0.4 is 15.2 Å². The number of carbonyl (C=O) groups excluding carboxylic acids is 1. The molecule has 4 rings (SSSR count). The molecule has 0 bridgehead atoms. The van der Waals surface area contributed by atoms with E-state index in [-0.39, 0.29) is 22.8 Å². The number of nitriles is 1. The summed E-state index contributed by atoms with van der Waals surface area (Å²) in [6.07, 6.45) is 0. The van der Waals surface area contributed by atoms with E-state index in [1.54, 1.807) is 30.3 Å². The Morgan fingerprint density at radius 3 is 2.42 bits per heavy atom. The van der Waals surface area contributed by atoms with Crippen LogP contribution in [-0.4, -0.2) is 5.97 Å². The zero-order valence-electron chi connectivity index (χ0n) is 15.7. The molecule has 1 atom stereocenters. The minimum Gasteiger partial charge on any atom is -0.440 e. The van der Waals surface area contributed by atoms with Gasteiger partial charge in [0.2, 0.25) is 5.88 Å². The number of nitrogens with two attached hydrogens (primary N) is 1. The first-order valence-electron chi connectivity index (χ1n) is 9.02. The van der Waals surface area contributed by atoms with Crippen molar-refractivity contribution < 1.29 is 18.7 Å². The van der Waals surface area contributed by atoms with E-state index in [0.29, 0.717) is 26.9 Å². The van der Waals surface area contributed by atoms with Gasteiger partial charge in [0, 0.05) is 27.2 Å². The molecule has 154 valence electrons. The van der Waals surface area contributed by atoms with Crippen LogP contribution in [0.5, 0.6) is 11.5 Å².